The molecule has 1 aliphatic heterocycles. The number of hydrogen-bond acceptors (Lipinski definition) is 11. The highest BCUT2D eigenvalue weighted by Gasteiger charge is 2.45. The number of methoxy groups -OCH3 is 1. The molecule has 1 aromatic carbocycles. The second-order valence-corrected chi connectivity index (χ2v) is 6.73. The largest absolute Gasteiger partial charge is 0.507 e. The Morgan fingerprint density at radius 2 is 2.19 bits per heavy atom. The van der Waals surface area contributed by atoms with E-state index in [1.54, 1.807) is 12.1 Å². The molecule has 1 fully saturated rings. The van der Waals surface area contributed by atoms with Gasteiger partial charge in [-0.3, -0.25) is 9.36 Å². The predicted molar refractivity (Wildman–Crippen MR) is 107 cm³/mol. The highest BCUT2D eigenvalue weighted by Crippen LogP contribution is 2.33. The number of fused-ring (bicyclic) bond motifs is 1. The van der Waals surface area contributed by atoms with Crippen molar-refractivity contribution in [3.8, 4) is 11.5 Å². The molecule has 0 radical (unpaired) electrons. The molecule has 1 saturated heterocycles. The first-order valence-corrected chi connectivity index (χ1v) is 9.18. The van der Waals surface area contributed by atoms with Gasteiger partial charge in [0.2, 0.25) is 5.95 Å². The molecule has 4 rings (SSSR count). The molecular weight excluding hydrogens is 412 g/mol. The SMILES string of the molecule is COc1ccc(/C=N/Nc2nc3c(=O)[nH]cnc3n2[C@@H]2O[C@H](CO)[C@@H](O)[C@H]2O)c(O)c1. The van der Waals surface area contributed by atoms with E-state index in [2.05, 4.69) is 25.5 Å². The van der Waals surface area contributed by atoms with Crippen molar-refractivity contribution in [2.45, 2.75) is 24.5 Å². The van der Waals surface area contributed by atoms with Crippen LogP contribution in [0.4, 0.5) is 5.95 Å². The number of phenolic OH excluding ortho intramolecular Hbond substituents is 1. The van der Waals surface area contributed by atoms with Crippen LogP contribution in [0.25, 0.3) is 11.2 Å². The summed E-state index contributed by atoms with van der Waals surface area (Å²) in [5, 5.41) is 43.9. The van der Waals surface area contributed by atoms with Crippen LogP contribution in [0.15, 0.2) is 34.4 Å². The van der Waals surface area contributed by atoms with Gasteiger partial charge in [-0.1, -0.05) is 0 Å². The molecule has 0 amide bonds. The number of ether oxygens (including phenoxy) is 2. The monoisotopic (exact) mass is 432 g/mol. The maximum atomic E-state index is 12.2. The minimum Gasteiger partial charge on any atom is -0.507 e. The van der Waals surface area contributed by atoms with Crippen LogP contribution in [0.5, 0.6) is 11.5 Å². The Morgan fingerprint density at radius 1 is 1.39 bits per heavy atom. The van der Waals surface area contributed by atoms with Crippen molar-refractivity contribution < 1.29 is 29.9 Å². The molecule has 0 bridgehead atoms. The fraction of sp³-hybridized carbons (Fsp3) is 0.333. The summed E-state index contributed by atoms with van der Waals surface area (Å²) in [4.78, 5) is 22.8. The molecule has 0 unspecified atom stereocenters. The Balaban J connectivity index is 1.70. The first kappa shape index (κ1) is 20.7. The Labute approximate surface area is 174 Å². The summed E-state index contributed by atoms with van der Waals surface area (Å²) in [5.74, 6) is 0.386. The summed E-state index contributed by atoms with van der Waals surface area (Å²) >= 11 is 0. The van der Waals surface area contributed by atoms with Gasteiger partial charge in [-0.05, 0) is 12.1 Å². The molecule has 0 aliphatic carbocycles. The molecular formula is C18H20N6O7. The molecule has 0 saturated carbocycles. The number of rotatable bonds is 6. The number of phenols is 1. The van der Waals surface area contributed by atoms with Crippen LogP contribution < -0.4 is 15.7 Å². The van der Waals surface area contributed by atoms with E-state index in [1.165, 1.54) is 24.0 Å². The zero-order chi connectivity index (χ0) is 22.1. The minimum absolute atomic E-state index is 0.0155. The van der Waals surface area contributed by atoms with Gasteiger partial charge in [0.25, 0.3) is 5.56 Å². The average Bonchev–Trinajstić information content (AvgIpc) is 3.27. The summed E-state index contributed by atoms with van der Waals surface area (Å²) in [7, 11) is 1.47. The van der Waals surface area contributed by atoms with Gasteiger partial charge in [0.1, 0.15) is 29.8 Å². The summed E-state index contributed by atoms with van der Waals surface area (Å²) in [6.07, 6.45) is -2.54. The highest BCUT2D eigenvalue weighted by molar-refractivity contribution is 5.84. The summed E-state index contributed by atoms with van der Waals surface area (Å²) in [6, 6.07) is 4.64. The van der Waals surface area contributed by atoms with Gasteiger partial charge in [-0.25, -0.2) is 15.4 Å². The van der Waals surface area contributed by atoms with Gasteiger partial charge in [0.05, 0.1) is 26.3 Å². The predicted octanol–water partition coefficient (Wildman–Crippen LogP) is -1.11. The molecule has 4 atom stereocenters. The van der Waals surface area contributed by atoms with E-state index in [0.717, 1.165) is 6.33 Å². The molecule has 13 heteroatoms. The van der Waals surface area contributed by atoms with Crippen molar-refractivity contribution in [1.29, 1.82) is 0 Å². The molecule has 3 heterocycles. The van der Waals surface area contributed by atoms with Gasteiger partial charge >= 0.3 is 0 Å². The molecule has 6 N–H and O–H groups in total. The Bertz CT molecular complexity index is 1180. The number of aromatic amines is 1. The molecule has 31 heavy (non-hydrogen) atoms. The zero-order valence-electron chi connectivity index (χ0n) is 16.2. The number of aliphatic hydroxyl groups is 3. The number of aromatic nitrogens is 4. The quantitative estimate of drug-likeness (QED) is 0.206. The van der Waals surface area contributed by atoms with Gasteiger partial charge < -0.3 is 34.9 Å². The molecule has 3 aromatic rings. The lowest BCUT2D eigenvalue weighted by Crippen LogP contribution is -2.33. The van der Waals surface area contributed by atoms with Crippen molar-refractivity contribution in [3.63, 3.8) is 0 Å². The van der Waals surface area contributed by atoms with Gasteiger partial charge in [-0.2, -0.15) is 5.10 Å². The van der Waals surface area contributed by atoms with Crippen molar-refractivity contribution >= 4 is 23.3 Å². The van der Waals surface area contributed by atoms with E-state index in [0.29, 0.717) is 11.3 Å². The number of anilines is 1. The van der Waals surface area contributed by atoms with E-state index in [1.807, 2.05) is 0 Å². The van der Waals surface area contributed by atoms with Crippen LogP contribution in [0.1, 0.15) is 11.8 Å². The number of hydrogen-bond donors (Lipinski definition) is 6. The topological polar surface area (TPSA) is 187 Å². The second kappa shape index (κ2) is 8.31. The molecule has 164 valence electrons. The van der Waals surface area contributed by atoms with E-state index in [9.17, 15) is 25.2 Å². The van der Waals surface area contributed by atoms with E-state index < -0.39 is 36.7 Å². The minimum atomic E-state index is -1.43. The van der Waals surface area contributed by atoms with Crippen molar-refractivity contribution in [2.24, 2.45) is 5.10 Å². The van der Waals surface area contributed by atoms with E-state index in [-0.39, 0.29) is 22.9 Å². The van der Waals surface area contributed by atoms with Gasteiger partial charge in [-0.15, -0.1) is 0 Å². The van der Waals surface area contributed by atoms with E-state index >= 15 is 0 Å². The van der Waals surface area contributed by atoms with Crippen molar-refractivity contribution in [2.75, 3.05) is 19.1 Å². The fourth-order valence-electron chi connectivity index (χ4n) is 3.25. The maximum Gasteiger partial charge on any atom is 0.278 e. The van der Waals surface area contributed by atoms with Crippen molar-refractivity contribution in [1.82, 2.24) is 19.5 Å². The maximum absolute atomic E-state index is 12.2. The van der Waals surface area contributed by atoms with Crippen LogP contribution in [-0.4, -0.2) is 78.2 Å². The van der Waals surface area contributed by atoms with Crippen LogP contribution in [0.2, 0.25) is 0 Å². The Morgan fingerprint density at radius 3 is 2.87 bits per heavy atom. The Kier molecular flexibility index (Phi) is 5.56. The third kappa shape index (κ3) is 3.70. The lowest BCUT2D eigenvalue weighted by molar-refractivity contribution is -0.0501. The number of benzene rings is 1. The molecule has 1 aliphatic rings. The number of nitrogens with one attached hydrogen (secondary N) is 2. The number of aliphatic hydroxyl groups excluding tert-OH is 3. The van der Waals surface area contributed by atoms with E-state index in [4.69, 9.17) is 9.47 Å². The number of H-pyrrole nitrogens is 1. The first-order chi connectivity index (χ1) is 14.9. The smallest absolute Gasteiger partial charge is 0.278 e. The molecule has 0 spiro atoms. The zero-order valence-corrected chi connectivity index (χ0v) is 16.2. The molecule has 13 nitrogen and oxygen atoms in total. The summed E-state index contributed by atoms with van der Waals surface area (Å²) in [6.45, 7) is -0.521. The fourth-order valence-corrected chi connectivity index (χ4v) is 3.25. The van der Waals surface area contributed by atoms with Crippen molar-refractivity contribution in [3.05, 3.63) is 40.4 Å². The lowest BCUT2D eigenvalue weighted by Gasteiger charge is -2.18. The lowest BCUT2D eigenvalue weighted by atomic mass is 10.1. The number of imidazole rings is 1. The van der Waals surface area contributed by atoms with Gasteiger partial charge in [0, 0.05) is 11.6 Å². The highest BCUT2D eigenvalue weighted by atomic mass is 16.6. The van der Waals surface area contributed by atoms with Crippen LogP contribution in [0.3, 0.4) is 0 Å². The standard InChI is InChI=1S/C18H20N6O7/c1-30-9-3-2-8(10(26)4-9)5-21-23-18-22-12-15(19-7-20-16(12)29)24(18)17-14(28)13(27)11(6-25)31-17/h2-5,7,11,13-14,17,25-28H,6H2,1H3,(H,22,23)(H,19,20,29)/b21-5+/t11-,13-,14-,17-/m1/s1. The first-order valence-electron chi connectivity index (χ1n) is 9.18. The third-order valence-electron chi connectivity index (χ3n) is 4.86. The Hall–Kier alpha value is -3.52. The van der Waals surface area contributed by atoms with Gasteiger partial charge in [0.15, 0.2) is 17.4 Å². The third-order valence-corrected chi connectivity index (χ3v) is 4.86. The number of aromatic hydroxyl groups is 1. The average molecular weight is 432 g/mol. The normalized spacial score (nSPS) is 23.6. The summed E-state index contributed by atoms with van der Waals surface area (Å²) in [5.41, 5.74) is 2.50. The molecule has 2 aromatic heterocycles. The number of nitrogens with zero attached hydrogens (tertiary/aromatic N) is 4. The van der Waals surface area contributed by atoms with Crippen LogP contribution >= 0.6 is 0 Å². The summed E-state index contributed by atoms with van der Waals surface area (Å²) < 4.78 is 11.8. The van der Waals surface area contributed by atoms with Crippen LogP contribution in [0, 0.1) is 0 Å². The van der Waals surface area contributed by atoms with Crippen LogP contribution in [-0.2, 0) is 4.74 Å². The number of hydrazone groups is 1. The second-order valence-electron chi connectivity index (χ2n) is 6.73.